The van der Waals surface area contributed by atoms with Gasteiger partial charge < -0.3 is 19.7 Å². The Hall–Kier alpha value is -2.18. The van der Waals surface area contributed by atoms with E-state index in [1.165, 1.54) is 32.1 Å². The number of anilines is 1. The van der Waals surface area contributed by atoms with Crippen LogP contribution in [0.4, 0.5) is 5.69 Å². The largest absolute Gasteiger partial charge is 0.497 e. The predicted octanol–water partition coefficient (Wildman–Crippen LogP) is 6.54. The molecule has 190 valence electrons. The summed E-state index contributed by atoms with van der Waals surface area (Å²) in [5, 5.41) is 3.79. The van der Waals surface area contributed by atoms with E-state index in [0.717, 1.165) is 53.5 Å². The minimum Gasteiger partial charge on any atom is -0.497 e. The van der Waals surface area contributed by atoms with Crippen LogP contribution in [0.25, 0.3) is 0 Å². The summed E-state index contributed by atoms with van der Waals surface area (Å²) in [6.45, 7) is 6.07. The smallest absolute Gasteiger partial charge is 0.247 e. The minimum absolute atomic E-state index is 0.0431. The zero-order valence-corrected chi connectivity index (χ0v) is 22.5. The number of methoxy groups -OCH3 is 1. The molecule has 1 heterocycles. The molecule has 1 amide bonds. The number of rotatable bonds is 10. The highest BCUT2D eigenvalue weighted by molar-refractivity contribution is 8.01. The summed E-state index contributed by atoms with van der Waals surface area (Å²) in [4.78, 5) is 16.4. The van der Waals surface area contributed by atoms with Crippen LogP contribution in [0, 0.1) is 0 Å². The van der Waals surface area contributed by atoms with Crippen LogP contribution in [0.1, 0.15) is 70.8 Å². The van der Waals surface area contributed by atoms with Crippen molar-refractivity contribution in [3.05, 3.63) is 48.0 Å². The lowest BCUT2D eigenvalue weighted by atomic mass is 9.83. The summed E-state index contributed by atoms with van der Waals surface area (Å²) in [6, 6.07) is 13.9. The van der Waals surface area contributed by atoms with E-state index in [2.05, 4.69) is 18.3 Å². The molecule has 0 bridgehead atoms. The van der Waals surface area contributed by atoms with Gasteiger partial charge in [-0.1, -0.05) is 31.4 Å². The van der Waals surface area contributed by atoms with Crippen LogP contribution in [0.15, 0.2) is 47.4 Å². The predicted molar refractivity (Wildman–Crippen MR) is 145 cm³/mol. The van der Waals surface area contributed by atoms with Crippen molar-refractivity contribution in [3.8, 4) is 11.5 Å². The standard InChI is InChI=1S/C29H40N2O3S/c1-28(17-9-5-10-18-28)30-19-11-6-12-20-34-25-16-15-22(33-4)21-23(25)29(2)27(32)31(3)24-13-7-8-14-26(24)35-29/h7-8,13-16,21,30H,5-6,9-12,17-20H2,1-4H3. The van der Waals surface area contributed by atoms with Gasteiger partial charge in [-0.3, -0.25) is 4.79 Å². The van der Waals surface area contributed by atoms with Gasteiger partial charge >= 0.3 is 0 Å². The summed E-state index contributed by atoms with van der Waals surface area (Å²) < 4.78 is 11.0. The van der Waals surface area contributed by atoms with Crippen molar-refractivity contribution in [3.63, 3.8) is 0 Å². The Morgan fingerprint density at radius 3 is 2.57 bits per heavy atom. The van der Waals surface area contributed by atoms with Crippen LogP contribution in [0.2, 0.25) is 0 Å². The van der Waals surface area contributed by atoms with Gasteiger partial charge in [0.25, 0.3) is 0 Å². The van der Waals surface area contributed by atoms with Gasteiger partial charge in [0, 0.05) is 23.0 Å². The third-order valence-corrected chi connectivity index (χ3v) is 8.91. The molecule has 5 nitrogen and oxygen atoms in total. The molecule has 2 aromatic rings. The second kappa shape index (κ2) is 11.3. The first-order valence-electron chi connectivity index (χ1n) is 13.0. The SMILES string of the molecule is COc1ccc(OCCCCCNC2(C)CCCCC2)c(C2(C)Sc3ccccc3N(C)C2=O)c1. The Labute approximate surface area is 215 Å². The third-order valence-electron chi connectivity index (χ3n) is 7.54. The molecule has 1 aliphatic heterocycles. The quantitative estimate of drug-likeness (QED) is 0.379. The zero-order valence-electron chi connectivity index (χ0n) is 21.7. The molecule has 1 saturated carbocycles. The molecule has 6 heteroatoms. The second-order valence-corrected chi connectivity index (χ2v) is 11.7. The molecule has 2 aromatic carbocycles. The van der Waals surface area contributed by atoms with Crippen molar-refractivity contribution in [1.29, 1.82) is 0 Å². The normalized spacial score (nSPS) is 21.5. The highest BCUT2D eigenvalue weighted by atomic mass is 32.2. The van der Waals surface area contributed by atoms with E-state index in [0.29, 0.717) is 12.1 Å². The highest BCUT2D eigenvalue weighted by Crippen LogP contribution is 2.52. The molecule has 1 aliphatic carbocycles. The number of nitrogens with one attached hydrogen (secondary N) is 1. The average Bonchev–Trinajstić information content (AvgIpc) is 2.87. The number of fused-ring (bicyclic) bond motifs is 1. The number of hydrogen-bond acceptors (Lipinski definition) is 5. The summed E-state index contributed by atoms with van der Waals surface area (Å²) in [6.07, 6.45) is 9.94. The van der Waals surface area contributed by atoms with E-state index in [4.69, 9.17) is 9.47 Å². The first-order chi connectivity index (χ1) is 16.9. The fourth-order valence-electron chi connectivity index (χ4n) is 5.30. The Balaban J connectivity index is 1.38. The van der Waals surface area contributed by atoms with E-state index in [1.54, 1.807) is 23.8 Å². The van der Waals surface area contributed by atoms with E-state index in [1.807, 2.05) is 50.4 Å². The number of carbonyl (C=O) groups is 1. The van der Waals surface area contributed by atoms with Crippen LogP contribution in [-0.4, -0.2) is 38.8 Å². The summed E-state index contributed by atoms with van der Waals surface area (Å²) in [7, 11) is 3.50. The van der Waals surface area contributed by atoms with Gasteiger partial charge in [0.1, 0.15) is 16.2 Å². The van der Waals surface area contributed by atoms with Gasteiger partial charge in [0.15, 0.2) is 0 Å². The number of benzene rings is 2. The van der Waals surface area contributed by atoms with E-state index < -0.39 is 4.75 Å². The zero-order chi connectivity index (χ0) is 24.9. The van der Waals surface area contributed by atoms with Crippen molar-refractivity contribution in [2.75, 3.05) is 32.2 Å². The molecule has 0 radical (unpaired) electrons. The monoisotopic (exact) mass is 496 g/mol. The lowest BCUT2D eigenvalue weighted by Gasteiger charge is -2.39. The maximum atomic E-state index is 13.6. The maximum Gasteiger partial charge on any atom is 0.247 e. The molecule has 1 atom stereocenters. The van der Waals surface area contributed by atoms with E-state index >= 15 is 0 Å². The summed E-state index contributed by atoms with van der Waals surface area (Å²) in [5.41, 5.74) is 2.14. The average molecular weight is 497 g/mol. The van der Waals surface area contributed by atoms with Crippen LogP contribution in [-0.2, 0) is 9.54 Å². The Kier molecular flexibility index (Phi) is 8.33. The maximum absolute atomic E-state index is 13.6. The van der Waals surface area contributed by atoms with Crippen molar-refractivity contribution in [1.82, 2.24) is 5.32 Å². The van der Waals surface area contributed by atoms with Crippen LogP contribution in [0.5, 0.6) is 11.5 Å². The molecule has 1 fully saturated rings. The number of thioether (sulfide) groups is 1. The third kappa shape index (κ3) is 5.80. The van der Waals surface area contributed by atoms with Gasteiger partial charge in [-0.2, -0.15) is 0 Å². The Bertz CT molecular complexity index is 1020. The van der Waals surface area contributed by atoms with Crippen LogP contribution >= 0.6 is 11.8 Å². The number of nitrogens with zero attached hydrogens (tertiary/aromatic N) is 1. The first kappa shape index (κ1) is 25.9. The van der Waals surface area contributed by atoms with Crippen molar-refractivity contribution in [2.24, 2.45) is 0 Å². The molecular weight excluding hydrogens is 456 g/mol. The molecule has 0 aromatic heterocycles. The fourth-order valence-corrected chi connectivity index (χ4v) is 6.69. The topological polar surface area (TPSA) is 50.8 Å². The number of ether oxygens (including phenoxy) is 2. The van der Waals surface area contributed by atoms with Gasteiger partial charge in [-0.25, -0.2) is 0 Å². The van der Waals surface area contributed by atoms with Crippen molar-refractivity contribution in [2.45, 2.75) is 80.4 Å². The molecule has 35 heavy (non-hydrogen) atoms. The fraction of sp³-hybridized carbons (Fsp3) is 0.552. The summed E-state index contributed by atoms with van der Waals surface area (Å²) in [5.74, 6) is 1.53. The number of amides is 1. The molecule has 2 aliphatic rings. The lowest BCUT2D eigenvalue weighted by Crippen LogP contribution is -2.44. The van der Waals surface area contributed by atoms with Crippen molar-refractivity contribution >= 4 is 23.4 Å². The molecule has 4 rings (SSSR count). The van der Waals surface area contributed by atoms with Crippen LogP contribution in [0.3, 0.4) is 0 Å². The lowest BCUT2D eigenvalue weighted by molar-refractivity contribution is -0.120. The Morgan fingerprint density at radius 2 is 1.80 bits per heavy atom. The van der Waals surface area contributed by atoms with E-state index in [-0.39, 0.29) is 5.91 Å². The van der Waals surface area contributed by atoms with Gasteiger partial charge in [-0.05, 0) is 82.8 Å². The summed E-state index contributed by atoms with van der Waals surface area (Å²) >= 11 is 1.59. The molecule has 1 unspecified atom stereocenters. The number of unbranched alkanes of at least 4 members (excludes halogenated alkanes) is 2. The Morgan fingerprint density at radius 1 is 1.03 bits per heavy atom. The van der Waals surface area contributed by atoms with Crippen LogP contribution < -0.4 is 19.7 Å². The number of hydrogen-bond donors (Lipinski definition) is 1. The molecular formula is C29H40N2O3S. The van der Waals surface area contributed by atoms with Crippen molar-refractivity contribution < 1.29 is 14.3 Å². The number of para-hydroxylation sites is 1. The van der Waals surface area contributed by atoms with Gasteiger partial charge in [0.2, 0.25) is 5.91 Å². The number of likely N-dealkylation sites (N-methyl/N-ethyl adjacent to an activating group) is 1. The number of carbonyl (C=O) groups excluding carboxylic acids is 1. The molecule has 0 spiro atoms. The van der Waals surface area contributed by atoms with E-state index in [9.17, 15) is 4.79 Å². The highest BCUT2D eigenvalue weighted by Gasteiger charge is 2.45. The van der Waals surface area contributed by atoms with Gasteiger partial charge in [-0.15, -0.1) is 11.8 Å². The second-order valence-electron chi connectivity index (χ2n) is 10.3. The molecule has 1 N–H and O–H groups in total. The minimum atomic E-state index is -0.799. The van der Waals surface area contributed by atoms with Gasteiger partial charge in [0.05, 0.1) is 19.4 Å². The first-order valence-corrected chi connectivity index (χ1v) is 13.8. The molecule has 0 saturated heterocycles.